The Bertz CT molecular complexity index is 1790. The van der Waals surface area contributed by atoms with Crippen LogP contribution in [0.4, 0.5) is 0 Å². The molecule has 2 aliphatic carbocycles. The van der Waals surface area contributed by atoms with Crippen LogP contribution in [-0.4, -0.2) is 59.3 Å². The third-order valence-electron chi connectivity index (χ3n) is 10.7. The number of nitrogens with zero attached hydrogens (tertiary/aromatic N) is 6. The minimum Gasteiger partial charge on any atom is -0.341 e. The van der Waals surface area contributed by atoms with Crippen LogP contribution >= 0.6 is 0 Å². The van der Waals surface area contributed by atoms with Crippen LogP contribution in [0.2, 0.25) is 0 Å². The number of aromatic amines is 2. The number of benzene rings is 2. The second kappa shape index (κ2) is 17.9. The Morgan fingerprint density at radius 2 is 1.13 bits per heavy atom. The molecule has 272 valence electrons. The zero-order valence-corrected chi connectivity index (χ0v) is 30.8. The average Bonchev–Trinajstić information content (AvgIpc) is 3.80. The fraction of sp³-hybridized carbons (Fsp3) is 0.442. The summed E-state index contributed by atoms with van der Waals surface area (Å²) in [6, 6.07) is 25.9. The second-order valence-corrected chi connectivity index (χ2v) is 14.5. The Kier molecular flexibility index (Phi) is 12.3. The van der Waals surface area contributed by atoms with Gasteiger partial charge in [-0.05, 0) is 125 Å². The molecule has 4 N–H and O–H groups in total. The first-order chi connectivity index (χ1) is 25.7. The normalized spacial score (nSPS) is 16.9. The summed E-state index contributed by atoms with van der Waals surface area (Å²) in [6.45, 7) is 6.82. The van der Waals surface area contributed by atoms with E-state index in [1.54, 1.807) is 0 Å². The molecule has 2 atom stereocenters. The lowest BCUT2D eigenvalue weighted by Gasteiger charge is -2.34. The Hall–Kier alpha value is -4.44. The topological polar surface area (TPSA) is 116 Å². The highest BCUT2D eigenvalue weighted by Crippen LogP contribution is 2.35. The van der Waals surface area contributed by atoms with Crippen molar-refractivity contribution in [2.45, 2.75) is 103 Å². The molecule has 0 bridgehead atoms. The van der Waals surface area contributed by atoms with Gasteiger partial charge >= 0.3 is 0 Å². The number of pyridine rings is 2. The average molecular weight is 698 g/mol. The fourth-order valence-electron chi connectivity index (χ4n) is 8.14. The van der Waals surface area contributed by atoms with Crippen molar-refractivity contribution in [3.8, 4) is 0 Å². The maximum atomic E-state index is 5.72. The van der Waals surface area contributed by atoms with Gasteiger partial charge in [-0.3, -0.25) is 19.8 Å². The third-order valence-corrected chi connectivity index (χ3v) is 10.7. The lowest BCUT2D eigenvalue weighted by Crippen LogP contribution is -2.33. The molecular weight excluding hydrogens is 643 g/mol. The van der Waals surface area contributed by atoms with E-state index >= 15 is 0 Å². The second-order valence-electron chi connectivity index (χ2n) is 14.5. The molecule has 0 amide bonds. The van der Waals surface area contributed by atoms with E-state index in [-0.39, 0.29) is 0 Å². The van der Waals surface area contributed by atoms with E-state index in [9.17, 15) is 0 Å². The summed E-state index contributed by atoms with van der Waals surface area (Å²) in [5.41, 5.74) is 15.4. The number of rotatable bonds is 14. The molecule has 0 spiro atoms. The molecule has 0 radical (unpaired) electrons. The van der Waals surface area contributed by atoms with E-state index in [0.29, 0.717) is 12.1 Å². The highest BCUT2D eigenvalue weighted by molar-refractivity contribution is 5.75. The molecule has 4 aromatic heterocycles. The van der Waals surface area contributed by atoms with Crippen molar-refractivity contribution in [1.82, 2.24) is 39.7 Å². The van der Waals surface area contributed by atoms with Crippen LogP contribution in [0.15, 0.2) is 85.2 Å². The summed E-state index contributed by atoms with van der Waals surface area (Å²) in [4.78, 5) is 31.2. The van der Waals surface area contributed by atoms with E-state index < -0.39 is 0 Å². The van der Waals surface area contributed by atoms with Crippen molar-refractivity contribution in [2.24, 2.45) is 5.73 Å². The number of imidazole rings is 2. The summed E-state index contributed by atoms with van der Waals surface area (Å²) in [6.07, 6.45) is 16.9. The number of aromatic nitrogens is 6. The smallest absolute Gasteiger partial charge is 0.121 e. The summed E-state index contributed by atoms with van der Waals surface area (Å²) in [5.74, 6) is 2.09. The quantitative estimate of drug-likeness (QED) is 0.0977. The van der Waals surface area contributed by atoms with Gasteiger partial charge in [0.05, 0.1) is 58.6 Å². The minimum atomic E-state index is 0.367. The lowest BCUT2D eigenvalue weighted by molar-refractivity contribution is 0.159. The SMILES string of the molecule is CCCCCN(Cc1nc2ccccc2[nH]1)[C@H]1CCCc2cccnc21.NCCCCN(Cc1nc2ccccc2[nH]1)C1CCCc2cccnc21. The standard InChI is InChI=1S/C22H28N4.C21H27N5/c1-2-3-6-15-26(16-21-24-18-11-4-5-12-19(18)25-21)20-13-7-9-17-10-8-14-23-22(17)20;22-12-3-4-14-26(15-20-24-17-9-1-2-10-18(17)25-20)19-11-5-7-16-8-6-13-23-21(16)19/h4-5,8,10-12,14,20H,2-3,6-7,9,13,15-16H2,1H3,(H,24,25);1-2,6,8-10,13,19H,3-5,7,11-12,14-15,22H2,(H,24,25)/t20-;/m0./s1. The molecule has 6 aromatic rings. The van der Waals surface area contributed by atoms with Crippen LogP contribution in [0.5, 0.6) is 0 Å². The van der Waals surface area contributed by atoms with Crippen LogP contribution in [0.3, 0.4) is 0 Å². The van der Waals surface area contributed by atoms with Gasteiger partial charge in [0.2, 0.25) is 0 Å². The Labute approximate surface area is 308 Å². The molecule has 0 saturated heterocycles. The molecule has 8 rings (SSSR count). The largest absolute Gasteiger partial charge is 0.341 e. The van der Waals surface area contributed by atoms with Crippen LogP contribution in [0, 0.1) is 0 Å². The van der Waals surface area contributed by atoms with E-state index in [0.717, 1.165) is 98.5 Å². The first-order valence-electron chi connectivity index (χ1n) is 19.6. The van der Waals surface area contributed by atoms with Crippen LogP contribution < -0.4 is 5.73 Å². The maximum Gasteiger partial charge on any atom is 0.121 e. The van der Waals surface area contributed by atoms with Crippen LogP contribution in [0.1, 0.15) is 111 Å². The number of nitrogens with one attached hydrogen (secondary N) is 2. The first-order valence-corrected chi connectivity index (χ1v) is 19.6. The van der Waals surface area contributed by atoms with Gasteiger partial charge in [0.1, 0.15) is 11.6 Å². The molecule has 4 heterocycles. The summed E-state index contributed by atoms with van der Waals surface area (Å²) < 4.78 is 0. The number of para-hydroxylation sites is 4. The van der Waals surface area contributed by atoms with E-state index in [4.69, 9.17) is 25.7 Å². The van der Waals surface area contributed by atoms with Crippen molar-refractivity contribution >= 4 is 22.1 Å². The molecule has 0 aliphatic heterocycles. The van der Waals surface area contributed by atoms with E-state index in [2.05, 4.69) is 81.3 Å². The number of hydrogen-bond donors (Lipinski definition) is 3. The third kappa shape index (κ3) is 8.77. The minimum absolute atomic E-state index is 0.367. The van der Waals surface area contributed by atoms with Crippen LogP contribution in [0.25, 0.3) is 22.1 Å². The van der Waals surface area contributed by atoms with Gasteiger partial charge < -0.3 is 15.7 Å². The summed E-state index contributed by atoms with van der Waals surface area (Å²) in [7, 11) is 0. The van der Waals surface area contributed by atoms with Crippen LogP contribution in [-0.2, 0) is 25.9 Å². The van der Waals surface area contributed by atoms with Gasteiger partial charge in [0.25, 0.3) is 0 Å². The number of unbranched alkanes of at least 4 members (excludes halogenated alkanes) is 3. The monoisotopic (exact) mass is 697 g/mol. The van der Waals surface area contributed by atoms with Gasteiger partial charge in [0, 0.05) is 12.4 Å². The van der Waals surface area contributed by atoms with E-state index in [1.807, 2.05) is 30.6 Å². The number of fused-ring (bicyclic) bond motifs is 4. The molecule has 1 unspecified atom stereocenters. The highest BCUT2D eigenvalue weighted by Gasteiger charge is 2.29. The fourth-order valence-corrected chi connectivity index (χ4v) is 8.14. The number of nitrogens with two attached hydrogens (primary N) is 1. The predicted molar refractivity (Wildman–Crippen MR) is 211 cm³/mol. The highest BCUT2D eigenvalue weighted by atomic mass is 15.2. The summed E-state index contributed by atoms with van der Waals surface area (Å²) in [5, 5.41) is 0. The predicted octanol–water partition coefficient (Wildman–Crippen LogP) is 8.60. The lowest BCUT2D eigenvalue weighted by atomic mass is 9.90. The van der Waals surface area contributed by atoms with E-state index in [1.165, 1.54) is 61.0 Å². The van der Waals surface area contributed by atoms with Gasteiger partial charge in [-0.1, -0.05) is 56.2 Å². The maximum absolute atomic E-state index is 5.72. The van der Waals surface area contributed by atoms with Gasteiger partial charge in [-0.25, -0.2) is 9.97 Å². The van der Waals surface area contributed by atoms with Gasteiger partial charge in [-0.2, -0.15) is 0 Å². The number of aryl methyl sites for hydroxylation is 2. The van der Waals surface area contributed by atoms with Crippen molar-refractivity contribution in [2.75, 3.05) is 19.6 Å². The Morgan fingerprint density at radius 3 is 1.62 bits per heavy atom. The molecular formula is C43H55N9. The molecule has 9 heteroatoms. The molecule has 52 heavy (non-hydrogen) atoms. The zero-order chi connectivity index (χ0) is 35.5. The zero-order valence-electron chi connectivity index (χ0n) is 30.8. The number of H-pyrrole nitrogens is 2. The Balaban J connectivity index is 0.000000162. The van der Waals surface area contributed by atoms with Crippen molar-refractivity contribution in [3.63, 3.8) is 0 Å². The Morgan fingerprint density at radius 1 is 0.635 bits per heavy atom. The molecule has 0 saturated carbocycles. The molecule has 2 aliphatic rings. The van der Waals surface area contributed by atoms with Crippen molar-refractivity contribution in [1.29, 1.82) is 0 Å². The van der Waals surface area contributed by atoms with Crippen molar-refractivity contribution in [3.05, 3.63) is 119 Å². The van der Waals surface area contributed by atoms with Crippen molar-refractivity contribution < 1.29 is 0 Å². The molecule has 0 fully saturated rings. The van der Waals surface area contributed by atoms with Gasteiger partial charge in [0.15, 0.2) is 0 Å². The summed E-state index contributed by atoms with van der Waals surface area (Å²) >= 11 is 0. The molecule has 9 nitrogen and oxygen atoms in total. The first kappa shape index (κ1) is 35.9. The number of hydrogen-bond acceptors (Lipinski definition) is 7. The van der Waals surface area contributed by atoms with Gasteiger partial charge in [-0.15, -0.1) is 0 Å². The molecule has 2 aromatic carbocycles.